The van der Waals surface area contributed by atoms with Crippen molar-refractivity contribution in [3.8, 4) is 0 Å². The highest BCUT2D eigenvalue weighted by Gasteiger charge is 2.11. The van der Waals surface area contributed by atoms with Gasteiger partial charge in [-0.3, -0.25) is 9.48 Å². The number of carbonyl (C=O) groups is 1. The minimum absolute atomic E-state index is 0.190. The molecule has 0 saturated carbocycles. The predicted molar refractivity (Wildman–Crippen MR) is 89.3 cm³/mol. The molecule has 0 unspecified atom stereocenters. The first-order valence-corrected chi connectivity index (χ1v) is 8.13. The molecule has 1 amide bonds. The molecule has 3 aromatic heterocycles. The molecule has 23 heavy (non-hydrogen) atoms. The van der Waals surface area contributed by atoms with Crippen LogP contribution in [-0.4, -0.2) is 36.8 Å². The van der Waals surface area contributed by atoms with E-state index in [1.165, 1.54) is 0 Å². The van der Waals surface area contributed by atoms with Crippen LogP contribution < -0.4 is 5.32 Å². The van der Waals surface area contributed by atoms with Gasteiger partial charge in [-0.05, 0) is 42.3 Å². The summed E-state index contributed by atoms with van der Waals surface area (Å²) in [7, 11) is 0. The maximum absolute atomic E-state index is 12.1. The van der Waals surface area contributed by atoms with E-state index in [9.17, 15) is 4.79 Å². The molecule has 3 heterocycles. The lowest BCUT2D eigenvalue weighted by Gasteiger charge is -2.05. The Labute approximate surface area is 141 Å². The maximum atomic E-state index is 12.1. The third kappa shape index (κ3) is 3.26. The van der Waals surface area contributed by atoms with Crippen molar-refractivity contribution >= 4 is 27.5 Å². The molecule has 0 aliphatic carbocycles. The van der Waals surface area contributed by atoms with E-state index in [0.29, 0.717) is 17.9 Å². The van der Waals surface area contributed by atoms with Gasteiger partial charge in [0.1, 0.15) is 0 Å². The monoisotopic (exact) mass is 376 g/mol. The van der Waals surface area contributed by atoms with Crippen molar-refractivity contribution in [1.82, 2.24) is 29.7 Å². The summed E-state index contributed by atoms with van der Waals surface area (Å²) in [4.78, 5) is 16.3. The fourth-order valence-electron chi connectivity index (χ4n) is 2.36. The van der Waals surface area contributed by atoms with Gasteiger partial charge < -0.3 is 5.32 Å². The zero-order valence-corrected chi connectivity index (χ0v) is 14.5. The molecule has 0 atom stereocenters. The van der Waals surface area contributed by atoms with Crippen molar-refractivity contribution in [2.24, 2.45) is 0 Å². The van der Waals surface area contributed by atoms with Crippen molar-refractivity contribution in [2.75, 3.05) is 6.54 Å². The number of amides is 1. The molecule has 0 aliphatic rings. The molecular formula is C15H17BrN6O. The second-order valence-electron chi connectivity index (χ2n) is 5.27. The minimum atomic E-state index is -0.190. The van der Waals surface area contributed by atoms with Crippen LogP contribution in [0.1, 0.15) is 28.3 Å². The number of aryl methyl sites for hydroxylation is 2. The average Bonchev–Trinajstić information content (AvgIpc) is 3.08. The van der Waals surface area contributed by atoms with Crippen molar-refractivity contribution in [3.63, 3.8) is 0 Å². The minimum Gasteiger partial charge on any atom is -0.351 e. The number of nitrogens with zero attached hydrogens (tertiary/aromatic N) is 5. The Morgan fingerprint density at radius 2 is 2.17 bits per heavy atom. The number of hydrogen-bond donors (Lipinski definition) is 1. The standard InChI is InChI=1S/C15H17BrN6O/c1-10-14(16)11(2)21(19-10)7-4-6-18-15(23)12-9-13-17-5-3-8-22(13)20-12/h3,5,8-9H,4,6-7H2,1-2H3,(H,18,23). The van der Waals surface area contributed by atoms with Gasteiger partial charge in [0.05, 0.1) is 10.2 Å². The summed E-state index contributed by atoms with van der Waals surface area (Å²) in [6.07, 6.45) is 4.23. The van der Waals surface area contributed by atoms with Crippen LogP contribution in [0.3, 0.4) is 0 Å². The molecule has 3 aromatic rings. The van der Waals surface area contributed by atoms with Crippen LogP contribution in [0.2, 0.25) is 0 Å². The molecular weight excluding hydrogens is 360 g/mol. The lowest BCUT2D eigenvalue weighted by Crippen LogP contribution is -2.25. The summed E-state index contributed by atoms with van der Waals surface area (Å²) in [5.74, 6) is -0.190. The summed E-state index contributed by atoms with van der Waals surface area (Å²) < 4.78 is 4.57. The fourth-order valence-corrected chi connectivity index (χ4v) is 2.64. The number of rotatable bonds is 5. The van der Waals surface area contributed by atoms with Crippen LogP contribution in [0.25, 0.3) is 5.65 Å². The molecule has 120 valence electrons. The van der Waals surface area contributed by atoms with E-state index in [1.54, 1.807) is 29.0 Å². The molecule has 0 aliphatic heterocycles. The first kappa shape index (κ1) is 15.7. The van der Waals surface area contributed by atoms with E-state index >= 15 is 0 Å². The Balaban J connectivity index is 1.54. The molecule has 8 heteroatoms. The summed E-state index contributed by atoms with van der Waals surface area (Å²) in [5, 5.41) is 11.5. The second-order valence-corrected chi connectivity index (χ2v) is 6.06. The van der Waals surface area contributed by atoms with Gasteiger partial charge in [-0.15, -0.1) is 0 Å². The first-order chi connectivity index (χ1) is 11.1. The summed E-state index contributed by atoms with van der Waals surface area (Å²) in [5.41, 5.74) is 3.10. The Bertz CT molecular complexity index is 820. The number of carbonyl (C=O) groups excluding carboxylic acids is 1. The van der Waals surface area contributed by atoms with E-state index in [2.05, 4.69) is 36.4 Å². The zero-order valence-electron chi connectivity index (χ0n) is 13.0. The lowest BCUT2D eigenvalue weighted by molar-refractivity contribution is 0.0947. The van der Waals surface area contributed by atoms with Crippen LogP contribution in [0.5, 0.6) is 0 Å². The quantitative estimate of drug-likeness (QED) is 0.691. The highest BCUT2D eigenvalue weighted by molar-refractivity contribution is 9.10. The highest BCUT2D eigenvalue weighted by Crippen LogP contribution is 2.19. The van der Waals surface area contributed by atoms with Gasteiger partial charge in [-0.25, -0.2) is 9.50 Å². The number of hydrogen-bond acceptors (Lipinski definition) is 4. The second kappa shape index (κ2) is 6.49. The molecule has 0 bridgehead atoms. The van der Waals surface area contributed by atoms with Gasteiger partial charge in [-0.2, -0.15) is 10.2 Å². The van der Waals surface area contributed by atoms with Crippen molar-refractivity contribution < 1.29 is 4.79 Å². The first-order valence-electron chi connectivity index (χ1n) is 7.34. The van der Waals surface area contributed by atoms with E-state index in [1.807, 2.05) is 18.5 Å². The maximum Gasteiger partial charge on any atom is 0.271 e. The molecule has 0 radical (unpaired) electrons. The van der Waals surface area contributed by atoms with Gasteiger partial charge in [0, 0.05) is 37.2 Å². The Hall–Kier alpha value is -2.22. The Morgan fingerprint density at radius 3 is 2.87 bits per heavy atom. The number of halogens is 1. The normalized spacial score (nSPS) is 11.1. The van der Waals surface area contributed by atoms with Crippen LogP contribution in [0.15, 0.2) is 29.0 Å². The molecule has 0 spiro atoms. The lowest BCUT2D eigenvalue weighted by atomic mass is 10.3. The predicted octanol–water partition coefficient (Wildman–Crippen LogP) is 2.13. The molecule has 7 nitrogen and oxygen atoms in total. The van der Waals surface area contributed by atoms with Crippen molar-refractivity contribution in [3.05, 3.63) is 46.1 Å². The van der Waals surface area contributed by atoms with E-state index < -0.39 is 0 Å². The van der Waals surface area contributed by atoms with Gasteiger partial charge in [0.15, 0.2) is 11.3 Å². The van der Waals surface area contributed by atoms with Crippen LogP contribution >= 0.6 is 15.9 Å². The molecule has 0 fully saturated rings. The van der Waals surface area contributed by atoms with E-state index in [4.69, 9.17) is 0 Å². The van der Waals surface area contributed by atoms with Crippen molar-refractivity contribution in [2.45, 2.75) is 26.8 Å². The Kier molecular flexibility index (Phi) is 4.42. The highest BCUT2D eigenvalue weighted by atomic mass is 79.9. The molecule has 1 N–H and O–H groups in total. The molecule has 0 aromatic carbocycles. The topological polar surface area (TPSA) is 77.1 Å². The number of fused-ring (bicyclic) bond motifs is 1. The molecule has 3 rings (SSSR count). The summed E-state index contributed by atoms with van der Waals surface area (Å²) in [6.45, 7) is 5.31. The van der Waals surface area contributed by atoms with Gasteiger partial charge in [0.25, 0.3) is 5.91 Å². The van der Waals surface area contributed by atoms with Gasteiger partial charge in [0.2, 0.25) is 0 Å². The van der Waals surface area contributed by atoms with Crippen LogP contribution in [-0.2, 0) is 6.54 Å². The largest absolute Gasteiger partial charge is 0.351 e. The SMILES string of the molecule is Cc1nn(CCCNC(=O)c2cc3ncccn3n2)c(C)c1Br. The summed E-state index contributed by atoms with van der Waals surface area (Å²) >= 11 is 3.51. The zero-order chi connectivity index (χ0) is 16.4. The Morgan fingerprint density at radius 1 is 1.35 bits per heavy atom. The smallest absolute Gasteiger partial charge is 0.271 e. The third-order valence-electron chi connectivity index (χ3n) is 3.59. The fraction of sp³-hybridized carbons (Fsp3) is 0.333. The number of nitrogens with one attached hydrogen (secondary N) is 1. The average molecular weight is 377 g/mol. The summed E-state index contributed by atoms with van der Waals surface area (Å²) in [6, 6.07) is 3.45. The number of aromatic nitrogens is 5. The molecule has 0 saturated heterocycles. The van der Waals surface area contributed by atoms with Gasteiger partial charge in [-0.1, -0.05) is 0 Å². The van der Waals surface area contributed by atoms with Crippen molar-refractivity contribution in [1.29, 1.82) is 0 Å². The van der Waals surface area contributed by atoms with E-state index in [-0.39, 0.29) is 5.91 Å². The van der Waals surface area contributed by atoms with Crippen LogP contribution in [0, 0.1) is 13.8 Å². The van der Waals surface area contributed by atoms with E-state index in [0.717, 1.165) is 28.8 Å². The van der Waals surface area contributed by atoms with Crippen LogP contribution in [0.4, 0.5) is 0 Å². The van der Waals surface area contributed by atoms with Gasteiger partial charge >= 0.3 is 0 Å². The third-order valence-corrected chi connectivity index (χ3v) is 4.74.